The maximum absolute atomic E-state index is 12.6. The summed E-state index contributed by atoms with van der Waals surface area (Å²) < 4.78 is 0. The first-order valence-corrected chi connectivity index (χ1v) is 7.96. The van der Waals surface area contributed by atoms with Gasteiger partial charge in [0, 0.05) is 31.4 Å². The first kappa shape index (κ1) is 16.1. The van der Waals surface area contributed by atoms with E-state index in [0.29, 0.717) is 17.9 Å². The highest BCUT2D eigenvalue weighted by Gasteiger charge is 2.26. The van der Waals surface area contributed by atoms with Gasteiger partial charge >= 0.3 is 5.97 Å². The smallest absolute Gasteiger partial charge is 0.335 e. The second-order valence-electron chi connectivity index (χ2n) is 6.04. The van der Waals surface area contributed by atoms with Crippen molar-refractivity contribution in [1.82, 2.24) is 14.9 Å². The number of piperidine rings is 1. The molecule has 2 heterocycles. The standard InChI is InChI=1S/C18H19N3O3/c1-12-19-9-16(10-20-12)17(22)21-8-2-3-15(11-21)13-4-6-14(7-5-13)18(23)24/h4-7,9-10,15H,2-3,8,11H2,1H3,(H,23,24). The molecule has 3 rings (SSSR count). The molecule has 24 heavy (non-hydrogen) atoms. The highest BCUT2D eigenvalue weighted by Crippen LogP contribution is 2.28. The summed E-state index contributed by atoms with van der Waals surface area (Å²) in [5.74, 6) is -0.123. The summed E-state index contributed by atoms with van der Waals surface area (Å²) in [4.78, 5) is 33.5. The van der Waals surface area contributed by atoms with Gasteiger partial charge in [-0.3, -0.25) is 4.79 Å². The zero-order chi connectivity index (χ0) is 17.1. The van der Waals surface area contributed by atoms with Crippen molar-refractivity contribution >= 4 is 11.9 Å². The van der Waals surface area contributed by atoms with Crippen molar-refractivity contribution in [2.24, 2.45) is 0 Å². The van der Waals surface area contributed by atoms with Crippen LogP contribution in [-0.2, 0) is 0 Å². The molecule has 6 heteroatoms. The van der Waals surface area contributed by atoms with Crippen LogP contribution in [-0.4, -0.2) is 44.9 Å². The van der Waals surface area contributed by atoms with Gasteiger partial charge in [-0.2, -0.15) is 0 Å². The maximum atomic E-state index is 12.6. The molecular formula is C18H19N3O3. The Morgan fingerprint density at radius 3 is 2.42 bits per heavy atom. The van der Waals surface area contributed by atoms with Gasteiger partial charge in [-0.05, 0) is 37.5 Å². The van der Waals surface area contributed by atoms with Crippen LogP contribution in [0.3, 0.4) is 0 Å². The van der Waals surface area contributed by atoms with Gasteiger partial charge < -0.3 is 10.0 Å². The lowest BCUT2D eigenvalue weighted by Crippen LogP contribution is -2.39. The zero-order valence-corrected chi connectivity index (χ0v) is 13.5. The number of aromatic nitrogens is 2. The first-order chi connectivity index (χ1) is 11.5. The van der Waals surface area contributed by atoms with Crippen LogP contribution in [0.1, 0.15) is 50.9 Å². The van der Waals surface area contributed by atoms with Gasteiger partial charge in [-0.1, -0.05) is 12.1 Å². The van der Waals surface area contributed by atoms with Gasteiger partial charge in [0.25, 0.3) is 5.91 Å². The SMILES string of the molecule is Cc1ncc(C(=O)N2CCCC(c3ccc(C(=O)O)cc3)C2)cn1. The van der Waals surface area contributed by atoms with Gasteiger partial charge in [0.1, 0.15) is 5.82 Å². The molecule has 1 N–H and O–H groups in total. The van der Waals surface area contributed by atoms with E-state index in [2.05, 4.69) is 9.97 Å². The molecule has 1 atom stereocenters. The summed E-state index contributed by atoms with van der Waals surface area (Å²) in [6, 6.07) is 6.92. The quantitative estimate of drug-likeness (QED) is 0.937. The molecule has 1 aromatic carbocycles. The summed E-state index contributed by atoms with van der Waals surface area (Å²) in [5.41, 5.74) is 1.85. The third-order valence-corrected chi connectivity index (χ3v) is 4.37. The molecule has 0 spiro atoms. The number of amides is 1. The van der Waals surface area contributed by atoms with Crippen LogP contribution in [0.5, 0.6) is 0 Å². The Bertz CT molecular complexity index is 741. The van der Waals surface area contributed by atoms with Crippen molar-refractivity contribution in [2.75, 3.05) is 13.1 Å². The second-order valence-corrected chi connectivity index (χ2v) is 6.04. The topological polar surface area (TPSA) is 83.4 Å². The molecule has 0 aliphatic carbocycles. The predicted octanol–water partition coefficient (Wildman–Crippen LogP) is 2.50. The lowest BCUT2D eigenvalue weighted by Gasteiger charge is -2.33. The van der Waals surface area contributed by atoms with Crippen LogP contribution in [0.15, 0.2) is 36.7 Å². The van der Waals surface area contributed by atoms with Crippen LogP contribution in [0.4, 0.5) is 0 Å². The summed E-state index contributed by atoms with van der Waals surface area (Å²) in [6.45, 7) is 3.13. The molecule has 1 fully saturated rings. The van der Waals surface area contributed by atoms with Crippen LogP contribution < -0.4 is 0 Å². The number of aromatic carboxylic acids is 1. The normalized spacial score (nSPS) is 17.5. The van der Waals surface area contributed by atoms with Crippen molar-refractivity contribution < 1.29 is 14.7 Å². The summed E-state index contributed by atoms with van der Waals surface area (Å²) >= 11 is 0. The fourth-order valence-electron chi connectivity index (χ4n) is 3.02. The Labute approximate surface area is 140 Å². The highest BCUT2D eigenvalue weighted by atomic mass is 16.4. The number of benzene rings is 1. The van der Waals surface area contributed by atoms with E-state index in [4.69, 9.17) is 5.11 Å². The molecule has 0 radical (unpaired) electrons. The van der Waals surface area contributed by atoms with Crippen molar-refractivity contribution in [1.29, 1.82) is 0 Å². The summed E-state index contributed by atoms with van der Waals surface area (Å²) in [7, 11) is 0. The molecule has 1 amide bonds. The van der Waals surface area contributed by atoms with Crippen LogP contribution in [0.25, 0.3) is 0 Å². The lowest BCUT2D eigenvalue weighted by molar-refractivity contribution is 0.0693. The maximum Gasteiger partial charge on any atom is 0.335 e. The number of likely N-dealkylation sites (tertiary alicyclic amines) is 1. The van der Waals surface area contributed by atoms with Crippen LogP contribution in [0.2, 0.25) is 0 Å². The molecular weight excluding hydrogens is 306 g/mol. The van der Waals surface area contributed by atoms with Crippen LogP contribution in [0, 0.1) is 6.92 Å². The Morgan fingerprint density at radius 1 is 1.12 bits per heavy atom. The Kier molecular flexibility index (Phi) is 4.55. The largest absolute Gasteiger partial charge is 0.478 e. The minimum absolute atomic E-state index is 0.0538. The van der Waals surface area contributed by atoms with Gasteiger partial charge in [-0.15, -0.1) is 0 Å². The third-order valence-electron chi connectivity index (χ3n) is 4.37. The number of carbonyl (C=O) groups excluding carboxylic acids is 1. The predicted molar refractivity (Wildman–Crippen MR) is 88.0 cm³/mol. The molecule has 1 unspecified atom stereocenters. The monoisotopic (exact) mass is 325 g/mol. The Morgan fingerprint density at radius 2 is 1.79 bits per heavy atom. The fourth-order valence-corrected chi connectivity index (χ4v) is 3.02. The summed E-state index contributed by atoms with van der Waals surface area (Å²) in [5, 5.41) is 8.98. The van der Waals surface area contributed by atoms with E-state index in [1.165, 1.54) is 0 Å². The van der Waals surface area contributed by atoms with Crippen molar-refractivity contribution in [3.63, 3.8) is 0 Å². The third kappa shape index (κ3) is 3.42. The van der Waals surface area contributed by atoms with Crippen molar-refractivity contribution in [2.45, 2.75) is 25.7 Å². The van der Waals surface area contributed by atoms with E-state index in [-0.39, 0.29) is 17.4 Å². The van der Waals surface area contributed by atoms with E-state index in [1.54, 1.807) is 31.5 Å². The van der Waals surface area contributed by atoms with Crippen molar-refractivity contribution in [3.05, 3.63) is 59.2 Å². The molecule has 6 nitrogen and oxygen atoms in total. The number of hydrogen-bond donors (Lipinski definition) is 1. The lowest BCUT2D eigenvalue weighted by atomic mass is 9.90. The summed E-state index contributed by atoms with van der Waals surface area (Å²) in [6.07, 6.45) is 5.04. The molecule has 1 saturated heterocycles. The highest BCUT2D eigenvalue weighted by molar-refractivity contribution is 5.93. The Hall–Kier alpha value is -2.76. The number of carbonyl (C=O) groups is 2. The number of carboxylic acid groups (broad SMARTS) is 1. The molecule has 1 aliphatic rings. The molecule has 1 aliphatic heterocycles. The molecule has 0 bridgehead atoms. The average molecular weight is 325 g/mol. The van der Waals surface area contributed by atoms with E-state index < -0.39 is 5.97 Å². The minimum Gasteiger partial charge on any atom is -0.478 e. The van der Waals surface area contributed by atoms with E-state index in [0.717, 1.165) is 24.9 Å². The van der Waals surface area contributed by atoms with Crippen LogP contribution >= 0.6 is 0 Å². The van der Waals surface area contributed by atoms with Gasteiger partial charge in [-0.25, -0.2) is 14.8 Å². The molecule has 1 aromatic heterocycles. The Balaban J connectivity index is 1.72. The number of aryl methyl sites for hydroxylation is 1. The average Bonchev–Trinajstić information content (AvgIpc) is 2.62. The van der Waals surface area contributed by atoms with E-state index in [1.807, 2.05) is 17.0 Å². The second kappa shape index (κ2) is 6.78. The van der Waals surface area contributed by atoms with E-state index in [9.17, 15) is 9.59 Å². The fraction of sp³-hybridized carbons (Fsp3) is 0.333. The first-order valence-electron chi connectivity index (χ1n) is 7.96. The van der Waals surface area contributed by atoms with Gasteiger partial charge in [0.05, 0.1) is 11.1 Å². The zero-order valence-electron chi connectivity index (χ0n) is 13.5. The number of hydrogen-bond acceptors (Lipinski definition) is 4. The van der Waals surface area contributed by atoms with Gasteiger partial charge in [0.2, 0.25) is 0 Å². The van der Waals surface area contributed by atoms with Crippen molar-refractivity contribution in [3.8, 4) is 0 Å². The minimum atomic E-state index is -0.929. The molecule has 2 aromatic rings. The molecule has 0 saturated carbocycles. The van der Waals surface area contributed by atoms with Gasteiger partial charge in [0.15, 0.2) is 0 Å². The number of rotatable bonds is 3. The van der Waals surface area contributed by atoms with E-state index >= 15 is 0 Å². The number of nitrogens with zero attached hydrogens (tertiary/aromatic N) is 3. The molecule has 124 valence electrons. The number of carboxylic acids is 1.